The van der Waals surface area contributed by atoms with Crippen LogP contribution in [0.25, 0.3) is 34.3 Å². The second kappa shape index (κ2) is 12.8. The SMILES string of the molecule is C/C=c1/ccc(-c2cccc3c2ccn3CCO)n/c1=C/C(=C/CC)CNC(=O)c1ccc2c(c1)C(C#N)COC2. The minimum atomic E-state index is -0.364. The van der Waals surface area contributed by atoms with E-state index in [9.17, 15) is 15.2 Å². The highest BCUT2D eigenvalue weighted by atomic mass is 16.5. The summed E-state index contributed by atoms with van der Waals surface area (Å²) < 4.78 is 7.54. The van der Waals surface area contributed by atoms with Crippen molar-refractivity contribution in [2.45, 2.75) is 39.3 Å². The van der Waals surface area contributed by atoms with Crippen LogP contribution in [0.15, 0.2) is 72.4 Å². The molecule has 2 aromatic heterocycles. The van der Waals surface area contributed by atoms with E-state index in [0.29, 0.717) is 31.9 Å². The van der Waals surface area contributed by atoms with Crippen molar-refractivity contribution < 1.29 is 14.6 Å². The molecule has 2 N–H and O–H groups in total. The summed E-state index contributed by atoms with van der Waals surface area (Å²) in [7, 11) is 0. The first-order valence-corrected chi connectivity index (χ1v) is 14.0. The van der Waals surface area contributed by atoms with Crippen LogP contribution in [0.1, 0.15) is 47.7 Å². The Morgan fingerprint density at radius 1 is 1.24 bits per heavy atom. The number of ether oxygens (including phenoxy) is 1. The number of carbonyl (C=O) groups excluding carboxylic acids is 1. The van der Waals surface area contributed by atoms with E-state index in [2.05, 4.69) is 48.7 Å². The zero-order valence-corrected chi connectivity index (χ0v) is 23.4. The first-order valence-electron chi connectivity index (χ1n) is 14.0. The maximum Gasteiger partial charge on any atom is 0.251 e. The number of hydrogen-bond donors (Lipinski definition) is 2. The lowest BCUT2D eigenvalue weighted by Crippen LogP contribution is -2.30. The highest BCUT2D eigenvalue weighted by Gasteiger charge is 2.22. The zero-order valence-electron chi connectivity index (χ0n) is 23.4. The Bertz CT molecular complexity index is 1780. The van der Waals surface area contributed by atoms with E-state index in [1.165, 1.54) is 0 Å². The van der Waals surface area contributed by atoms with Gasteiger partial charge in [0.05, 0.1) is 42.9 Å². The van der Waals surface area contributed by atoms with E-state index in [0.717, 1.165) is 55.8 Å². The molecule has 41 heavy (non-hydrogen) atoms. The van der Waals surface area contributed by atoms with E-state index in [4.69, 9.17) is 9.72 Å². The molecule has 2 aromatic carbocycles. The summed E-state index contributed by atoms with van der Waals surface area (Å²) in [6, 6.07) is 20.1. The van der Waals surface area contributed by atoms with Crippen molar-refractivity contribution in [3.8, 4) is 17.3 Å². The molecule has 0 saturated carbocycles. The number of carbonyl (C=O) groups is 1. The minimum absolute atomic E-state index is 0.0806. The lowest BCUT2D eigenvalue weighted by atomic mass is 9.92. The summed E-state index contributed by atoms with van der Waals surface area (Å²) >= 11 is 0. The quantitative estimate of drug-likeness (QED) is 0.345. The Balaban J connectivity index is 1.43. The van der Waals surface area contributed by atoms with E-state index in [1.54, 1.807) is 6.07 Å². The summed E-state index contributed by atoms with van der Waals surface area (Å²) in [4.78, 5) is 18.2. The van der Waals surface area contributed by atoms with Gasteiger partial charge in [0.15, 0.2) is 0 Å². The first kappa shape index (κ1) is 28.0. The number of rotatable bonds is 8. The van der Waals surface area contributed by atoms with Crippen molar-refractivity contribution in [1.82, 2.24) is 14.9 Å². The second-order valence-electron chi connectivity index (χ2n) is 10.1. The van der Waals surface area contributed by atoms with E-state index in [1.807, 2.05) is 54.1 Å². The number of aromatic nitrogens is 2. The summed E-state index contributed by atoms with van der Waals surface area (Å²) in [6.07, 6.45) is 8.97. The summed E-state index contributed by atoms with van der Waals surface area (Å²) in [6.45, 7) is 5.83. The van der Waals surface area contributed by atoms with Gasteiger partial charge in [0, 0.05) is 41.3 Å². The molecule has 1 unspecified atom stereocenters. The van der Waals surface area contributed by atoms with Crippen LogP contribution in [0.5, 0.6) is 0 Å². The molecule has 0 radical (unpaired) electrons. The largest absolute Gasteiger partial charge is 0.395 e. The number of aliphatic hydroxyl groups is 1. The standard InChI is InChI=1S/C34H34N4O3/c1-3-6-23(20-36-34(40)25-9-10-26-21-41-22-27(19-35)30(26)18-25)17-32-24(4-2)11-12-31(37-32)28-7-5-8-33-29(28)13-14-38(33)15-16-39/h4-14,17-18,27,39H,3,15-16,20-22H2,1-2H3,(H,36,40)/b23-6-,24-4-,32-17+. The Kier molecular flexibility index (Phi) is 8.73. The number of benzene rings is 2. The molecule has 0 fully saturated rings. The number of fused-ring (bicyclic) bond motifs is 2. The van der Waals surface area contributed by atoms with Gasteiger partial charge in [0.1, 0.15) is 0 Å². The van der Waals surface area contributed by atoms with Crippen molar-refractivity contribution in [3.05, 3.63) is 99.7 Å². The number of aliphatic hydroxyl groups excluding tert-OH is 1. The number of amides is 1. The average molecular weight is 547 g/mol. The average Bonchev–Trinajstić information content (AvgIpc) is 3.42. The van der Waals surface area contributed by atoms with Crippen LogP contribution in [0.2, 0.25) is 0 Å². The van der Waals surface area contributed by atoms with Crippen molar-refractivity contribution >= 4 is 29.0 Å². The Morgan fingerprint density at radius 2 is 2.12 bits per heavy atom. The van der Waals surface area contributed by atoms with Gasteiger partial charge in [-0.05, 0) is 71.7 Å². The van der Waals surface area contributed by atoms with Gasteiger partial charge in [0.2, 0.25) is 0 Å². The number of allylic oxidation sites excluding steroid dienone is 1. The fourth-order valence-corrected chi connectivity index (χ4v) is 5.32. The molecule has 0 bridgehead atoms. The molecule has 4 aromatic rings. The van der Waals surface area contributed by atoms with Crippen LogP contribution in [-0.2, 0) is 17.9 Å². The number of nitriles is 1. The molecule has 3 heterocycles. The maximum absolute atomic E-state index is 13.1. The summed E-state index contributed by atoms with van der Waals surface area (Å²) in [5.74, 6) is -0.550. The molecule has 208 valence electrons. The van der Waals surface area contributed by atoms with Gasteiger partial charge in [-0.15, -0.1) is 0 Å². The smallest absolute Gasteiger partial charge is 0.251 e. The third-order valence-corrected chi connectivity index (χ3v) is 7.42. The molecule has 0 spiro atoms. The molecule has 1 amide bonds. The number of nitrogens with one attached hydrogen (secondary N) is 1. The van der Waals surface area contributed by atoms with Crippen molar-refractivity contribution in [2.24, 2.45) is 0 Å². The number of nitrogens with zero attached hydrogens (tertiary/aromatic N) is 3. The highest BCUT2D eigenvalue weighted by Crippen LogP contribution is 2.28. The molecule has 7 heteroatoms. The van der Waals surface area contributed by atoms with Crippen LogP contribution in [0.3, 0.4) is 0 Å². The Labute approximate surface area is 239 Å². The molecule has 1 atom stereocenters. The van der Waals surface area contributed by atoms with Crippen molar-refractivity contribution in [3.63, 3.8) is 0 Å². The predicted molar refractivity (Wildman–Crippen MR) is 161 cm³/mol. The summed E-state index contributed by atoms with van der Waals surface area (Å²) in [5.41, 5.74) is 6.26. The van der Waals surface area contributed by atoms with Gasteiger partial charge < -0.3 is 19.7 Å². The Morgan fingerprint density at radius 3 is 2.90 bits per heavy atom. The van der Waals surface area contributed by atoms with E-state index >= 15 is 0 Å². The molecule has 5 rings (SSSR count). The molecule has 1 aliphatic rings. The second-order valence-corrected chi connectivity index (χ2v) is 10.1. The van der Waals surface area contributed by atoms with Gasteiger partial charge in [-0.3, -0.25) is 4.79 Å². The van der Waals surface area contributed by atoms with Crippen LogP contribution in [-0.4, -0.2) is 40.3 Å². The number of hydrogen-bond acceptors (Lipinski definition) is 5. The number of pyridine rings is 1. The maximum atomic E-state index is 13.1. The zero-order chi connectivity index (χ0) is 28.8. The van der Waals surface area contributed by atoms with Gasteiger partial charge in [-0.25, -0.2) is 4.98 Å². The molecular formula is C34H34N4O3. The molecule has 0 aliphatic carbocycles. The molecule has 0 saturated heterocycles. The lowest BCUT2D eigenvalue weighted by Gasteiger charge is -2.21. The van der Waals surface area contributed by atoms with Crippen LogP contribution in [0.4, 0.5) is 0 Å². The van der Waals surface area contributed by atoms with Crippen LogP contribution >= 0.6 is 0 Å². The first-order chi connectivity index (χ1) is 20.1. The van der Waals surface area contributed by atoms with Gasteiger partial charge in [0.25, 0.3) is 5.91 Å². The van der Waals surface area contributed by atoms with E-state index in [-0.39, 0.29) is 18.4 Å². The summed E-state index contributed by atoms with van der Waals surface area (Å²) in [5, 5.41) is 24.9. The molecular weight excluding hydrogens is 512 g/mol. The third kappa shape index (κ3) is 5.99. The normalized spacial score (nSPS) is 16.0. The highest BCUT2D eigenvalue weighted by molar-refractivity contribution is 5.95. The lowest BCUT2D eigenvalue weighted by molar-refractivity contribution is 0.0952. The Hall–Kier alpha value is -4.51. The third-order valence-electron chi connectivity index (χ3n) is 7.42. The van der Waals surface area contributed by atoms with Crippen LogP contribution < -0.4 is 15.9 Å². The topological polar surface area (TPSA) is 100 Å². The minimum Gasteiger partial charge on any atom is -0.395 e. The van der Waals surface area contributed by atoms with Crippen molar-refractivity contribution in [2.75, 3.05) is 19.8 Å². The molecule has 1 aliphatic heterocycles. The molecule has 7 nitrogen and oxygen atoms in total. The fraction of sp³-hybridized carbons (Fsp3) is 0.265. The van der Waals surface area contributed by atoms with Gasteiger partial charge in [-0.1, -0.05) is 43.3 Å². The fourth-order valence-electron chi connectivity index (χ4n) is 5.32. The van der Waals surface area contributed by atoms with Gasteiger partial charge in [-0.2, -0.15) is 5.26 Å². The van der Waals surface area contributed by atoms with E-state index < -0.39 is 0 Å². The monoisotopic (exact) mass is 546 g/mol. The van der Waals surface area contributed by atoms with Crippen molar-refractivity contribution in [1.29, 1.82) is 5.26 Å². The van der Waals surface area contributed by atoms with Gasteiger partial charge >= 0.3 is 0 Å². The predicted octanol–water partition coefficient (Wildman–Crippen LogP) is 4.18. The van der Waals surface area contributed by atoms with Crippen LogP contribution in [0, 0.1) is 11.3 Å².